The van der Waals surface area contributed by atoms with E-state index in [0.29, 0.717) is 31.7 Å². The zero-order valence-corrected chi connectivity index (χ0v) is 11.7. The fourth-order valence-corrected chi connectivity index (χ4v) is 3.59. The number of likely N-dealkylation sites (tertiary alicyclic amines) is 2. The Kier molecular flexibility index (Phi) is 2.66. The summed E-state index contributed by atoms with van der Waals surface area (Å²) in [4.78, 5) is 28.1. The number of furan rings is 1. The fraction of sp³-hybridized carbons (Fsp3) is 0.600. The number of amides is 2. The Hall–Kier alpha value is -1.82. The summed E-state index contributed by atoms with van der Waals surface area (Å²) in [5.74, 6) is 0.383. The van der Waals surface area contributed by atoms with Crippen LogP contribution in [0.1, 0.15) is 29.8 Å². The van der Waals surface area contributed by atoms with Crippen molar-refractivity contribution >= 4 is 11.8 Å². The Morgan fingerprint density at radius 2 is 2.10 bits per heavy atom. The normalized spacial score (nSPS) is 29.6. The van der Waals surface area contributed by atoms with E-state index in [1.807, 2.05) is 9.80 Å². The molecule has 0 atom stereocenters. The SMILES string of the molecule is O=C(C1CC(O)C1)N1CC2(CCN2C(=O)c2ccco2)C1. The molecule has 1 aromatic rings. The van der Waals surface area contributed by atoms with Crippen LogP contribution in [-0.4, -0.2) is 58.0 Å². The maximum Gasteiger partial charge on any atom is 0.290 e. The molecule has 2 amide bonds. The van der Waals surface area contributed by atoms with Crippen LogP contribution in [0.3, 0.4) is 0 Å². The summed E-state index contributed by atoms with van der Waals surface area (Å²) in [6.07, 6.45) is 3.29. The summed E-state index contributed by atoms with van der Waals surface area (Å²) in [6.45, 7) is 1.96. The number of hydrogen-bond donors (Lipinski definition) is 1. The van der Waals surface area contributed by atoms with Crippen LogP contribution in [0.25, 0.3) is 0 Å². The number of hydrogen-bond acceptors (Lipinski definition) is 4. The molecule has 3 heterocycles. The van der Waals surface area contributed by atoms with E-state index in [0.717, 1.165) is 13.0 Å². The molecule has 0 bridgehead atoms. The highest BCUT2D eigenvalue weighted by atomic mass is 16.3. The molecule has 112 valence electrons. The third-order valence-electron chi connectivity index (χ3n) is 5.09. The predicted octanol–water partition coefficient (Wildman–Crippen LogP) is 0.477. The first-order valence-electron chi connectivity index (χ1n) is 7.41. The average Bonchev–Trinajstić information content (AvgIpc) is 2.85. The van der Waals surface area contributed by atoms with Crippen molar-refractivity contribution in [1.82, 2.24) is 9.80 Å². The smallest absolute Gasteiger partial charge is 0.290 e. The van der Waals surface area contributed by atoms with Gasteiger partial charge in [-0.1, -0.05) is 0 Å². The lowest BCUT2D eigenvalue weighted by molar-refractivity contribution is -0.164. The molecular formula is C15H18N2O4. The van der Waals surface area contributed by atoms with Gasteiger partial charge in [0.2, 0.25) is 5.91 Å². The summed E-state index contributed by atoms with van der Waals surface area (Å²) >= 11 is 0. The summed E-state index contributed by atoms with van der Waals surface area (Å²) in [5.41, 5.74) is -0.179. The molecular weight excluding hydrogens is 272 g/mol. The van der Waals surface area contributed by atoms with Gasteiger partial charge in [0, 0.05) is 25.6 Å². The quantitative estimate of drug-likeness (QED) is 0.859. The minimum Gasteiger partial charge on any atom is -0.459 e. The second kappa shape index (κ2) is 4.34. The van der Waals surface area contributed by atoms with Crippen LogP contribution in [0, 0.1) is 5.92 Å². The van der Waals surface area contributed by atoms with E-state index >= 15 is 0 Å². The van der Waals surface area contributed by atoms with Gasteiger partial charge >= 0.3 is 0 Å². The van der Waals surface area contributed by atoms with E-state index in [1.165, 1.54) is 6.26 Å². The molecule has 3 aliphatic rings. The van der Waals surface area contributed by atoms with Crippen LogP contribution in [0.15, 0.2) is 22.8 Å². The molecule has 2 aliphatic heterocycles. The van der Waals surface area contributed by atoms with Crippen LogP contribution in [0.5, 0.6) is 0 Å². The molecule has 21 heavy (non-hydrogen) atoms. The highest BCUT2D eigenvalue weighted by Crippen LogP contribution is 2.42. The second-order valence-corrected chi connectivity index (χ2v) is 6.42. The first-order valence-corrected chi connectivity index (χ1v) is 7.41. The molecule has 0 radical (unpaired) electrons. The molecule has 1 aliphatic carbocycles. The van der Waals surface area contributed by atoms with E-state index in [9.17, 15) is 14.7 Å². The van der Waals surface area contributed by atoms with Crippen molar-refractivity contribution in [2.45, 2.75) is 30.9 Å². The highest BCUT2D eigenvalue weighted by Gasteiger charge is 2.57. The van der Waals surface area contributed by atoms with Gasteiger partial charge < -0.3 is 19.3 Å². The third-order valence-corrected chi connectivity index (χ3v) is 5.09. The molecule has 6 nitrogen and oxygen atoms in total. The van der Waals surface area contributed by atoms with Gasteiger partial charge in [-0.15, -0.1) is 0 Å². The van der Waals surface area contributed by atoms with Crippen molar-refractivity contribution < 1.29 is 19.1 Å². The van der Waals surface area contributed by atoms with Gasteiger partial charge in [-0.2, -0.15) is 0 Å². The Labute approximate surface area is 122 Å². The van der Waals surface area contributed by atoms with Crippen molar-refractivity contribution in [2.24, 2.45) is 5.92 Å². The van der Waals surface area contributed by atoms with Crippen LogP contribution in [-0.2, 0) is 4.79 Å². The maximum absolute atomic E-state index is 12.3. The monoisotopic (exact) mass is 290 g/mol. The Bertz CT molecular complexity index is 571. The molecule has 2 saturated heterocycles. The van der Waals surface area contributed by atoms with Crippen molar-refractivity contribution in [3.63, 3.8) is 0 Å². The van der Waals surface area contributed by atoms with Gasteiger partial charge in [0.25, 0.3) is 5.91 Å². The topological polar surface area (TPSA) is 74.0 Å². The first-order chi connectivity index (χ1) is 10.1. The summed E-state index contributed by atoms with van der Waals surface area (Å²) in [7, 11) is 0. The minimum absolute atomic E-state index is 0.0216. The van der Waals surface area contributed by atoms with Gasteiger partial charge in [-0.05, 0) is 31.4 Å². The average molecular weight is 290 g/mol. The van der Waals surface area contributed by atoms with Crippen LogP contribution >= 0.6 is 0 Å². The van der Waals surface area contributed by atoms with E-state index in [-0.39, 0.29) is 29.4 Å². The summed E-state index contributed by atoms with van der Waals surface area (Å²) in [5, 5.41) is 9.29. The van der Waals surface area contributed by atoms with Crippen LogP contribution in [0.4, 0.5) is 0 Å². The van der Waals surface area contributed by atoms with E-state index < -0.39 is 0 Å². The van der Waals surface area contributed by atoms with E-state index in [1.54, 1.807) is 12.1 Å². The molecule has 1 spiro atoms. The third kappa shape index (κ3) is 1.82. The van der Waals surface area contributed by atoms with Gasteiger partial charge in [0.15, 0.2) is 5.76 Å². The summed E-state index contributed by atoms with van der Waals surface area (Å²) in [6, 6.07) is 3.38. The molecule has 1 N–H and O–H groups in total. The number of aliphatic hydroxyl groups excluding tert-OH is 1. The van der Waals surface area contributed by atoms with E-state index in [4.69, 9.17) is 4.42 Å². The Morgan fingerprint density at radius 3 is 2.62 bits per heavy atom. The second-order valence-electron chi connectivity index (χ2n) is 6.42. The lowest BCUT2D eigenvalue weighted by Crippen LogP contribution is -2.79. The zero-order valence-electron chi connectivity index (χ0n) is 11.7. The lowest BCUT2D eigenvalue weighted by atomic mass is 9.74. The number of carbonyl (C=O) groups is 2. The number of aliphatic hydroxyl groups is 1. The van der Waals surface area contributed by atoms with Gasteiger partial charge in [-0.3, -0.25) is 9.59 Å². The maximum atomic E-state index is 12.3. The molecule has 6 heteroatoms. The predicted molar refractivity (Wildman–Crippen MR) is 72.4 cm³/mol. The lowest BCUT2D eigenvalue weighted by Gasteiger charge is -2.62. The van der Waals surface area contributed by atoms with Crippen molar-refractivity contribution in [3.8, 4) is 0 Å². The minimum atomic E-state index is -0.310. The highest BCUT2D eigenvalue weighted by molar-refractivity contribution is 5.93. The zero-order chi connectivity index (χ0) is 14.6. The molecule has 3 fully saturated rings. The van der Waals surface area contributed by atoms with Crippen LogP contribution < -0.4 is 0 Å². The van der Waals surface area contributed by atoms with Crippen molar-refractivity contribution in [2.75, 3.05) is 19.6 Å². The van der Waals surface area contributed by atoms with Gasteiger partial charge in [0.1, 0.15) is 0 Å². The van der Waals surface area contributed by atoms with Crippen LogP contribution in [0.2, 0.25) is 0 Å². The number of nitrogens with zero attached hydrogens (tertiary/aromatic N) is 2. The summed E-state index contributed by atoms with van der Waals surface area (Å²) < 4.78 is 5.17. The van der Waals surface area contributed by atoms with Gasteiger partial charge in [-0.25, -0.2) is 0 Å². The fourth-order valence-electron chi connectivity index (χ4n) is 3.59. The molecule has 0 aromatic carbocycles. The number of rotatable bonds is 2. The van der Waals surface area contributed by atoms with E-state index in [2.05, 4.69) is 0 Å². The Morgan fingerprint density at radius 1 is 1.33 bits per heavy atom. The largest absolute Gasteiger partial charge is 0.459 e. The van der Waals surface area contributed by atoms with Gasteiger partial charge in [0.05, 0.1) is 17.9 Å². The van der Waals surface area contributed by atoms with Crippen molar-refractivity contribution in [1.29, 1.82) is 0 Å². The standard InChI is InChI=1S/C15H18N2O4/c18-11-6-10(7-11)13(19)16-8-15(9-16)3-4-17(15)14(20)12-2-1-5-21-12/h1-2,5,10-11,18H,3-4,6-9H2. The molecule has 1 aromatic heterocycles. The number of carbonyl (C=O) groups excluding carboxylic acids is 2. The molecule has 1 saturated carbocycles. The Balaban J connectivity index is 1.38. The van der Waals surface area contributed by atoms with Crippen molar-refractivity contribution in [3.05, 3.63) is 24.2 Å². The first kappa shape index (κ1) is 12.9. The molecule has 0 unspecified atom stereocenters. The molecule has 4 rings (SSSR count).